The van der Waals surface area contributed by atoms with Crippen LogP contribution in [0.2, 0.25) is 0 Å². The van der Waals surface area contributed by atoms with Crippen LogP contribution < -0.4 is 5.32 Å². The van der Waals surface area contributed by atoms with Crippen molar-refractivity contribution in [1.82, 2.24) is 10.2 Å². The lowest BCUT2D eigenvalue weighted by atomic mass is 9.96. The fourth-order valence-corrected chi connectivity index (χ4v) is 3.76. The first-order valence-electron chi connectivity index (χ1n) is 10.9. The van der Waals surface area contributed by atoms with Crippen molar-refractivity contribution >= 4 is 28.7 Å². The molecule has 0 aliphatic carbocycles. The van der Waals surface area contributed by atoms with Gasteiger partial charge in [-0.25, -0.2) is 14.4 Å². The molecule has 3 aromatic rings. The zero-order valence-corrected chi connectivity index (χ0v) is 19.2. The summed E-state index contributed by atoms with van der Waals surface area (Å²) in [7, 11) is 0. The molecule has 2 unspecified atom stereocenters. The molecule has 0 saturated carbocycles. The van der Waals surface area contributed by atoms with E-state index in [-0.39, 0.29) is 12.5 Å². The third-order valence-corrected chi connectivity index (χ3v) is 5.58. The van der Waals surface area contributed by atoms with E-state index in [2.05, 4.69) is 5.32 Å². The molecule has 0 bridgehead atoms. The fraction of sp³-hybridized carbons (Fsp3) is 0.269. The number of carboxylic acid groups (broad SMARTS) is 2. The molecule has 178 valence electrons. The molecule has 0 spiro atoms. The Kier molecular flexibility index (Phi) is 7.22. The highest BCUT2D eigenvalue weighted by atomic mass is 16.4. The van der Waals surface area contributed by atoms with E-state index in [1.165, 1.54) is 0 Å². The van der Waals surface area contributed by atoms with Gasteiger partial charge in [0.2, 0.25) is 5.72 Å². The van der Waals surface area contributed by atoms with Crippen LogP contribution in [0.15, 0.2) is 66.7 Å². The summed E-state index contributed by atoms with van der Waals surface area (Å²) in [4.78, 5) is 37.1. The topological polar surface area (TPSA) is 127 Å². The van der Waals surface area contributed by atoms with Crippen LogP contribution in [-0.2, 0) is 9.59 Å². The molecule has 34 heavy (non-hydrogen) atoms. The van der Waals surface area contributed by atoms with Gasteiger partial charge in [-0.15, -0.1) is 0 Å². The quantitative estimate of drug-likeness (QED) is 0.372. The number of fused-ring (bicyclic) bond motifs is 1. The normalized spacial score (nSPS) is 13.8. The Bertz CT molecular complexity index is 1200. The van der Waals surface area contributed by atoms with Gasteiger partial charge in [-0.05, 0) is 40.3 Å². The minimum absolute atomic E-state index is 0.0858. The highest BCUT2D eigenvalue weighted by Crippen LogP contribution is 2.29. The predicted octanol–water partition coefficient (Wildman–Crippen LogP) is 4.09. The number of rotatable bonds is 8. The van der Waals surface area contributed by atoms with E-state index in [0.717, 1.165) is 33.7 Å². The molecule has 2 amide bonds. The van der Waals surface area contributed by atoms with Crippen LogP contribution in [0.1, 0.15) is 32.4 Å². The van der Waals surface area contributed by atoms with Crippen molar-refractivity contribution in [3.63, 3.8) is 0 Å². The minimum atomic E-state index is -2.50. The molecular formula is C26H28N2O6. The second kappa shape index (κ2) is 9.93. The van der Waals surface area contributed by atoms with Gasteiger partial charge in [0.15, 0.2) is 6.04 Å². The van der Waals surface area contributed by atoms with Crippen molar-refractivity contribution in [3.8, 4) is 11.1 Å². The van der Waals surface area contributed by atoms with Crippen LogP contribution in [0, 0.1) is 5.92 Å². The predicted molar refractivity (Wildman–Crippen MR) is 128 cm³/mol. The Morgan fingerprint density at radius 3 is 2.15 bits per heavy atom. The molecule has 0 aliphatic rings. The van der Waals surface area contributed by atoms with Crippen molar-refractivity contribution < 1.29 is 29.7 Å². The minimum Gasteiger partial charge on any atom is -0.479 e. The molecular weight excluding hydrogens is 436 g/mol. The first kappa shape index (κ1) is 24.7. The number of carboxylic acids is 2. The number of nitrogens with zero attached hydrogens (tertiary/aromatic N) is 1. The van der Waals surface area contributed by atoms with E-state index in [4.69, 9.17) is 0 Å². The van der Waals surface area contributed by atoms with Gasteiger partial charge in [-0.1, -0.05) is 80.6 Å². The number of carbonyl (C=O) groups is 3. The maximum absolute atomic E-state index is 12.9. The highest BCUT2D eigenvalue weighted by Gasteiger charge is 2.42. The van der Waals surface area contributed by atoms with E-state index in [1.54, 1.807) is 38.1 Å². The van der Waals surface area contributed by atoms with Crippen molar-refractivity contribution in [2.75, 3.05) is 6.54 Å². The first-order valence-corrected chi connectivity index (χ1v) is 10.9. The summed E-state index contributed by atoms with van der Waals surface area (Å²) in [5.41, 5.74) is -0.327. The lowest BCUT2D eigenvalue weighted by molar-refractivity contribution is -0.173. The van der Waals surface area contributed by atoms with Gasteiger partial charge in [-0.2, -0.15) is 0 Å². The summed E-state index contributed by atoms with van der Waals surface area (Å²) in [6, 6.07) is 18.2. The first-order chi connectivity index (χ1) is 16.0. The standard InChI is InChI=1S/C26H28N2O6/c1-16(2)15-28(26(3,34)24(31)32)25(33)27-22(23(29)30)19-13-11-18(12-14-19)21-10-6-8-17-7-4-5-9-20(17)21/h4-14,16,22,34H,15H2,1-3H3,(H,27,33)(H,29,30)(H,31,32). The second-order valence-corrected chi connectivity index (χ2v) is 8.70. The summed E-state index contributed by atoms with van der Waals surface area (Å²) in [6.07, 6.45) is 0. The average molecular weight is 465 g/mol. The molecule has 3 aromatic carbocycles. The Morgan fingerprint density at radius 1 is 0.941 bits per heavy atom. The lowest BCUT2D eigenvalue weighted by Gasteiger charge is -2.35. The second-order valence-electron chi connectivity index (χ2n) is 8.70. The summed E-state index contributed by atoms with van der Waals surface area (Å²) >= 11 is 0. The van der Waals surface area contributed by atoms with Gasteiger partial charge in [-0.3, -0.25) is 4.90 Å². The number of nitrogens with one attached hydrogen (secondary N) is 1. The molecule has 4 N–H and O–H groups in total. The van der Waals surface area contributed by atoms with E-state index in [9.17, 15) is 29.7 Å². The number of amides is 2. The Balaban J connectivity index is 1.90. The number of aliphatic carboxylic acids is 2. The molecule has 0 fully saturated rings. The number of urea groups is 1. The third-order valence-electron chi connectivity index (χ3n) is 5.58. The van der Waals surface area contributed by atoms with Crippen LogP contribution in [-0.4, -0.2) is 50.5 Å². The number of benzene rings is 3. The van der Waals surface area contributed by atoms with Crippen molar-refractivity contribution in [2.24, 2.45) is 5.92 Å². The highest BCUT2D eigenvalue weighted by molar-refractivity contribution is 5.96. The molecule has 2 atom stereocenters. The molecule has 8 nitrogen and oxygen atoms in total. The molecule has 3 rings (SSSR count). The van der Waals surface area contributed by atoms with E-state index < -0.39 is 29.7 Å². The number of aliphatic hydroxyl groups is 1. The van der Waals surface area contributed by atoms with Crippen LogP contribution in [0.3, 0.4) is 0 Å². The average Bonchev–Trinajstić information content (AvgIpc) is 2.80. The lowest BCUT2D eigenvalue weighted by Crippen LogP contribution is -2.59. The zero-order chi connectivity index (χ0) is 25.0. The van der Waals surface area contributed by atoms with Crippen LogP contribution >= 0.6 is 0 Å². The van der Waals surface area contributed by atoms with Crippen molar-refractivity contribution in [3.05, 3.63) is 72.3 Å². The SMILES string of the molecule is CC(C)CN(C(=O)NC(C(=O)O)c1ccc(-c2cccc3ccccc23)cc1)C(C)(O)C(=O)O. The fourth-order valence-electron chi connectivity index (χ4n) is 3.76. The maximum atomic E-state index is 12.9. The van der Waals surface area contributed by atoms with Gasteiger partial charge in [0.1, 0.15) is 0 Å². The third kappa shape index (κ3) is 5.18. The molecule has 8 heteroatoms. The van der Waals surface area contributed by atoms with Crippen molar-refractivity contribution in [2.45, 2.75) is 32.5 Å². The van der Waals surface area contributed by atoms with Gasteiger partial charge in [0, 0.05) is 6.54 Å². The smallest absolute Gasteiger partial charge is 0.357 e. The summed E-state index contributed by atoms with van der Waals surface area (Å²) in [5.74, 6) is -3.10. The van der Waals surface area contributed by atoms with E-state index in [1.807, 2.05) is 42.5 Å². The summed E-state index contributed by atoms with van der Waals surface area (Å²) in [5, 5.41) is 34.0. The van der Waals surface area contributed by atoms with E-state index >= 15 is 0 Å². The van der Waals surface area contributed by atoms with Gasteiger partial charge in [0.25, 0.3) is 0 Å². The van der Waals surface area contributed by atoms with Gasteiger partial charge >= 0.3 is 18.0 Å². The zero-order valence-electron chi connectivity index (χ0n) is 19.2. The molecule has 0 aromatic heterocycles. The van der Waals surface area contributed by atoms with Crippen LogP contribution in [0.25, 0.3) is 21.9 Å². The maximum Gasteiger partial charge on any atom is 0.357 e. The van der Waals surface area contributed by atoms with E-state index in [0.29, 0.717) is 5.56 Å². The Hall–Kier alpha value is -3.91. The van der Waals surface area contributed by atoms with Gasteiger partial charge in [0.05, 0.1) is 0 Å². The summed E-state index contributed by atoms with van der Waals surface area (Å²) < 4.78 is 0. The Morgan fingerprint density at radius 2 is 1.56 bits per heavy atom. The number of hydrogen-bond acceptors (Lipinski definition) is 4. The molecule has 0 heterocycles. The Labute approximate surface area is 197 Å². The molecule has 0 radical (unpaired) electrons. The van der Waals surface area contributed by atoms with Crippen LogP contribution in [0.4, 0.5) is 4.79 Å². The number of hydrogen-bond donors (Lipinski definition) is 4. The molecule has 0 aliphatic heterocycles. The summed E-state index contributed by atoms with van der Waals surface area (Å²) in [6.45, 7) is 4.39. The van der Waals surface area contributed by atoms with Gasteiger partial charge < -0.3 is 20.6 Å². The monoisotopic (exact) mass is 464 g/mol. The van der Waals surface area contributed by atoms with Crippen LogP contribution in [0.5, 0.6) is 0 Å². The van der Waals surface area contributed by atoms with Crippen molar-refractivity contribution in [1.29, 1.82) is 0 Å². The number of carbonyl (C=O) groups excluding carboxylic acids is 1. The largest absolute Gasteiger partial charge is 0.479 e. The molecule has 0 saturated heterocycles.